The Labute approximate surface area is 217 Å². The molecular weight excluding hydrogens is 479 g/mol. The summed E-state index contributed by atoms with van der Waals surface area (Å²) in [6.07, 6.45) is 1.56. The van der Waals surface area contributed by atoms with E-state index in [1.165, 1.54) is 24.5 Å². The van der Waals surface area contributed by atoms with Gasteiger partial charge in [0.05, 0.1) is 29.4 Å². The van der Waals surface area contributed by atoms with E-state index in [0.29, 0.717) is 50.7 Å². The zero-order chi connectivity index (χ0) is 26.5. The normalized spacial score (nSPS) is 19.0. The van der Waals surface area contributed by atoms with E-state index in [-0.39, 0.29) is 5.56 Å². The van der Waals surface area contributed by atoms with E-state index in [4.69, 9.17) is 10.00 Å². The van der Waals surface area contributed by atoms with Crippen molar-refractivity contribution in [1.82, 2.24) is 4.90 Å². The highest BCUT2D eigenvalue weighted by atomic mass is 19.4. The first-order valence-electron chi connectivity index (χ1n) is 13.3. The molecule has 1 unspecified atom stereocenters. The number of benzene rings is 2. The summed E-state index contributed by atoms with van der Waals surface area (Å²) in [5.74, 6) is 0.777. The molecule has 2 aromatic rings. The second-order valence-electron chi connectivity index (χ2n) is 10.3. The van der Waals surface area contributed by atoms with E-state index < -0.39 is 17.3 Å². The van der Waals surface area contributed by atoms with Crippen LogP contribution in [-0.2, 0) is 6.18 Å². The minimum absolute atomic E-state index is 0.370. The third kappa shape index (κ3) is 6.77. The van der Waals surface area contributed by atoms with E-state index in [1.54, 1.807) is 12.1 Å². The third-order valence-electron chi connectivity index (χ3n) is 7.73. The van der Waals surface area contributed by atoms with Crippen LogP contribution in [0.2, 0.25) is 0 Å². The Balaban J connectivity index is 1.28. The Morgan fingerprint density at radius 2 is 1.73 bits per heavy atom. The number of aliphatic hydroxyl groups is 1. The Hall–Kier alpha value is -2.76. The summed E-state index contributed by atoms with van der Waals surface area (Å²) >= 11 is 0. The van der Waals surface area contributed by atoms with Crippen molar-refractivity contribution in [3.05, 3.63) is 59.2 Å². The van der Waals surface area contributed by atoms with Crippen LogP contribution in [0, 0.1) is 11.3 Å². The SMILES string of the molecule is CCCC(c1ccc(OCCC2(O)CCN(c3ccc(C#N)c(C(F)(F)F)c3)CC2)cc1)N1CCCC1. The molecule has 37 heavy (non-hydrogen) atoms. The Kier molecular flexibility index (Phi) is 8.66. The first-order valence-corrected chi connectivity index (χ1v) is 13.3. The summed E-state index contributed by atoms with van der Waals surface area (Å²) in [6.45, 7) is 5.78. The molecule has 0 spiro atoms. The van der Waals surface area contributed by atoms with Crippen LogP contribution in [0.1, 0.15) is 74.6 Å². The second-order valence-corrected chi connectivity index (χ2v) is 10.3. The van der Waals surface area contributed by atoms with Gasteiger partial charge in [-0.1, -0.05) is 25.5 Å². The quantitative estimate of drug-likeness (QED) is 0.424. The molecule has 2 heterocycles. The van der Waals surface area contributed by atoms with Crippen LogP contribution in [0.15, 0.2) is 42.5 Å². The second kappa shape index (κ2) is 11.7. The van der Waals surface area contributed by atoms with E-state index in [2.05, 4.69) is 24.0 Å². The van der Waals surface area contributed by atoms with E-state index in [0.717, 1.165) is 37.7 Å². The van der Waals surface area contributed by atoms with Gasteiger partial charge in [0.25, 0.3) is 0 Å². The smallest absolute Gasteiger partial charge is 0.417 e. The van der Waals surface area contributed by atoms with Gasteiger partial charge in [-0.3, -0.25) is 4.90 Å². The van der Waals surface area contributed by atoms with Gasteiger partial charge < -0.3 is 14.7 Å². The molecule has 2 saturated heterocycles. The number of ether oxygens (including phenoxy) is 1. The standard InChI is InChI=1S/C29H36F3N3O2/c1-2-5-27(35-15-3-4-16-35)22-7-10-25(11-8-22)37-19-14-28(36)12-17-34(18-13-28)24-9-6-23(21-33)26(20-24)29(30,31)32/h6-11,20,27,36H,2-5,12-19H2,1H3. The molecule has 0 aromatic heterocycles. The highest BCUT2D eigenvalue weighted by Crippen LogP contribution is 2.36. The number of anilines is 1. The van der Waals surface area contributed by atoms with Crippen LogP contribution < -0.4 is 9.64 Å². The van der Waals surface area contributed by atoms with Gasteiger partial charge in [0, 0.05) is 31.2 Å². The van der Waals surface area contributed by atoms with Crippen molar-refractivity contribution in [2.45, 2.75) is 69.7 Å². The predicted octanol–water partition coefficient (Wildman–Crippen LogP) is 6.31. The average Bonchev–Trinajstić information content (AvgIpc) is 3.42. The number of likely N-dealkylation sites (tertiary alicyclic amines) is 1. The number of alkyl halides is 3. The zero-order valence-electron chi connectivity index (χ0n) is 21.4. The van der Waals surface area contributed by atoms with Crippen molar-refractivity contribution < 1.29 is 23.0 Å². The first kappa shape index (κ1) is 27.3. The van der Waals surface area contributed by atoms with Crippen molar-refractivity contribution in [2.75, 3.05) is 37.7 Å². The summed E-state index contributed by atoms with van der Waals surface area (Å²) in [5.41, 5.74) is -0.489. The molecule has 200 valence electrons. The summed E-state index contributed by atoms with van der Waals surface area (Å²) in [5, 5.41) is 20.1. The van der Waals surface area contributed by atoms with Gasteiger partial charge in [0.15, 0.2) is 0 Å². The predicted molar refractivity (Wildman–Crippen MR) is 138 cm³/mol. The number of rotatable bonds is 9. The molecule has 0 amide bonds. The fraction of sp³-hybridized carbons (Fsp3) is 0.552. The molecule has 1 atom stereocenters. The van der Waals surface area contributed by atoms with Crippen molar-refractivity contribution in [3.63, 3.8) is 0 Å². The molecule has 4 rings (SSSR count). The Morgan fingerprint density at radius 3 is 2.32 bits per heavy atom. The van der Waals surface area contributed by atoms with Gasteiger partial charge >= 0.3 is 6.18 Å². The van der Waals surface area contributed by atoms with Crippen LogP contribution in [0.25, 0.3) is 0 Å². The van der Waals surface area contributed by atoms with Crippen molar-refractivity contribution in [1.29, 1.82) is 5.26 Å². The van der Waals surface area contributed by atoms with Crippen molar-refractivity contribution in [3.8, 4) is 11.8 Å². The summed E-state index contributed by atoms with van der Waals surface area (Å²) in [4.78, 5) is 4.40. The lowest BCUT2D eigenvalue weighted by Crippen LogP contribution is -2.45. The minimum atomic E-state index is -4.59. The fourth-order valence-corrected chi connectivity index (χ4v) is 5.52. The number of nitrogens with zero attached hydrogens (tertiary/aromatic N) is 3. The maximum atomic E-state index is 13.3. The van der Waals surface area contributed by atoms with E-state index in [1.807, 2.05) is 17.0 Å². The molecule has 1 N–H and O–H groups in total. The van der Waals surface area contributed by atoms with Crippen LogP contribution in [-0.4, -0.2) is 48.4 Å². The van der Waals surface area contributed by atoms with Crippen LogP contribution in [0.5, 0.6) is 5.75 Å². The lowest BCUT2D eigenvalue weighted by molar-refractivity contribution is -0.137. The minimum Gasteiger partial charge on any atom is -0.493 e. The summed E-state index contributed by atoms with van der Waals surface area (Å²) in [7, 11) is 0. The largest absolute Gasteiger partial charge is 0.493 e. The third-order valence-corrected chi connectivity index (χ3v) is 7.73. The maximum Gasteiger partial charge on any atom is 0.417 e. The van der Waals surface area contributed by atoms with Gasteiger partial charge in [-0.05, 0) is 81.1 Å². The monoisotopic (exact) mass is 515 g/mol. The highest BCUT2D eigenvalue weighted by Gasteiger charge is 2.36. The van der Waals surface area contributed by atoms with Crippen LogP contribution in [0.4, 0.5) is 18.9 Å². The van der Waals surface area contributed by atoms with E-state index >= 15 is 0 Å². The summed E-state index contributed by atoms with van der Waals surface area (Å²) in [6, 6.07) is 14.2. The number of nitriles is 1. The number of hydrogen-bond donors (Lipinski definition) is 1. The first-order chi connectivity index (χ1) is 17.7. The molecule has 2 fully saturated rings. The number of piperidine rings is 1. The molecule has 0 aliphatic carbocycles. The molecular formula is C29H36F3N3O2. The van der Waals surface area contributed by atoms with Gasteiger partial charge in [-0.25, -0.2) is 0 Å². The molecule has 0 saturated carbocycles. The average molecular weight is 516 g/mol. The molecule has 0 radical (unpaired) electrons. The van der Waals surface area contributed by atoms with Gasteiger partial charge in [-0.2, -0.15) is 18.4 Å². The lowest BCUT2D eigenvalue weighted by Gasteiger charge is -2.39. The molecule has 0 bridgehead atoms. The molecule has 8 heteroatoms. The number of halogens is 3. The fourth-order valence-electron chi connectivity index (χ4n) is 5.52. The summed E-state index contributed by atoms with van der Waals surface area (Å²) < 4.78 is 45.9. The van der Waals surface area contributed by atoms with Gasteiger partial charge in [-0.15, -0.1) is 0 Å². The molecule has 5 nitrogen and oxygen atoms in total. The molecule has 2 aliphatic rings. The van der Waals surface area contributed by atoms with Crippen molar-refractivity contribution >= 4 is 5.69 Å². The topological polar surface area (TPSA) is 59.7 Å². The molecule has 2 aliphatic heterocycles. The Morgan fingerprint density at radius 1 is 1.05 bits per heavy atom. The van der Waals surface area contributed by atoms with Gasteiger partial charge in [0.2, 0.25) is 0 Å². The van der Waals surface area contributed by atoms with Gasteiger partial charge in [0.1, 0.15) is 5.75 Å². The van der Waals surface area contributed by atoms with Crippen LogP contribution in [0.3, 0.4) is 0 Å². The van der Waals surface area contributed by atoms with E-state index in [9.17, 15) is 18.3 Å². The number of hydrogen-bond acceptors (Lipinski definition) is 5. The lowest BCUT2D eigenvalue weighted by atomic mass is 9.88. The zero-order valence-corrected chi connectivity index (χ0v) is 21.4. The van der Waals surface area contributed by atoms with Crippen LogP contribution >= 0.6 is 0 Å². The Bertz CT molecular complexity index is 1070. The molecule has 2 aromatic carbocycles. The highest BCUT2D eigenvalue weighted by molar-refractivity contribution is 5.55. The maximum absolute atomic E-state index is 13.3. The van der Waals surface area contributed by atoms with Crippen molar-refractivity contribution in [2.24, 2.45) is 0 Å².